The highest BCUT2D eigenvalue weighted by Gasteiger charge is 2.53. The molecule has 0 bridgehead atoms. The van der Waals surface area contributed by atoms with Crippen molar-refractivity contribution in [3.63, 3.8) is 0 Å². The molecule has 1 N–H and O–H groups in total. The summed E-state index contributed by atoms with van der Waals surface area (Å²) in [4.78, 5) is 27.7. The highest BCUT2D eigenvalue weighted by Crippen LogP contribution is 2.46. The molecule has 1 heterocycles. The lowest BCUT2D eigenvalue weighted by Crippen LogP contribution is -2.64. The van der Waals surface area contributed by atoms with Crippen LogP contribution in [0.25, 0.3) is 11.1 Å². The van der Waals surface area contributed by atoms with Gasteiger partial charge in [-0.05, 0) is 66.4 Å². The molecule has 3 aromatic carbocycles. The van der Waals surface area contributed by atoms with Gasteiger partial charge in [0.1, 0.15) is 5.82 Å². The molecule has 1 saturated heterocycles. The number of sulfone groups is 1. The van der Waals surface area contributed by atoms with Gasteiger partial charge in [-0.15, -0.1) is 0 Å². The molecule has 1 spiro atoms. The Morgan fingerprint density at radius 3 is 2.43 bits per heavy atom. The van der Waals surface area contributed by atoms with Crippen molar-refractivity contribution in [2.24, 2.45) is 5.41 Å². The van der Waals surface area contributed by atoms with Crippen LogP contribution in [-0.4, -0.2) is 50.5 Å². The first-order valence-corrected chi connectivity index (χ1v) is 14.7. The van der Waals surface area contributed by atoms with E-state index in [0.717, 1.165) is 59.3 Å². The topological polar surface area (TPSA) is 83.6 Å². The summed E-state index contributed by atoms with van der Waals surface area (Å²) in [5.41, 5.74) is 2.13. The zero-order valence-corrected chi connectivity index (χ0v) is 22.6. The Bertz CT molecular complexity index is 1480. The first kappa shape index (κ1) is 25.6. The van der Waals surface area contributed by atoms with Gasteiger partial charge in [0, 0.05) is 40.8 Å². The highest BCUT2D eigenvalue weighted by molar-refractivity contribution is 9.10. The van der Waals surface area contributed by atoms with E-state index in [9.17, 15) is 22.4 Å². The molecule has 37 heavy (non-hydrogen) atoms. The summed E-state index contributed by atoms with van der Waals surface area (Å²) in [5.74, 6) is -1.47. The third kappa shape index (κ3) is 5.07. The van der Waals surface area contributed by atoms with E-state index in [1.165, 1.54) is 0 Å². The normalized spacial score (nSPS) is 18.5. The number of hydrogen-bond acceptors (Lipinski definition) is 4. The molecular weight excluding hydrogens is 559 g/mol. The van der Waals surface area contributed by atoms with E-state index in [1.54, 1.807) is 4.90 Å². The molecular formula is C28H26BrFN2O4S. The van der Waals surface area contributed by atoms with Gasteiger partial charge in [-0.25, -0.2) is 12.8 Å². The molecule has 2 aliphatic rings. The van der Waals surface area contributed by atoms with Gasteiger partial charge >= 0.3 is 0 Å². The van der Waals surface area contributed by atoms with Crippen LogP contribution in [0, 0.1) is 11.2 Å². The Balaban J connectivity index is 1.25. The van der Waals surface area contributed by atoms with Crippen molar-refractivity contribution < 1.29 is 22.4 Å². The van der Waals surface area contributed by atoms with E-state index in [1.807, 2.05) is 48.5 Å². The molecule has 0 aromatic heterocycles. The van der Waals surface area contributed by atoms with Gasteiger partial charge in [-0.1, -0.05) is 46.6 Å². The molecule has 1 saturated carbocycles. The number of likely N-dealkylation sites (tertiary alicyclic amines) is 1. The van der Waals surface area contributed by atoms with Gasteiger partial charge in [-0.2, -0.15) is 0 Å². The number of rotatable bonds is 5. The van der Waals surface area contributed by atoms with Crippen LogP contribution in [0.5, 0.6) is 0 Å². The summed E-state index contributed by atoms with van der Waals surface area (Å²) in [5, 5.41) is 2.92. The summed E-state index contributed by atoms with van der Waals surface area (Å²) in [6.45, 7) is 1.02. The fourth-order valence-corrected chi connectivity index (χ4v) is 6.45. The number of nitrogens with one attached hydrogen (secondary N) is 1. The molecule has 2 amide bonds. The van der Waals surface area contributed by atoms with Gasteiger partial charge in [0.2, 0.25) is 0 Å². The van der Waals surface area contributed by atoms with Crippen molar-refractivity contribution >= 4 is 37.6 Å². The fourth-order valence-electron chi connectivity index (χ4n) is 5.40. The summed E-state index contributed by atoms with van der Waals surface area (Å²) in [7, 11) is -3.58. The van der Waals surface area contributed by atoms with E-state index in [-0.39, 0.29) is 27.8 Å². The SMILES string of the molecule is CS(=O)(=O)c1ccc(F)c(C(=O)NC2CCCC23CN(C(=O)c2ccc(-c4cccc(Br)c4)cc2)C3)c1. The minimum absolute atomic E-state index is 0.0599. The van der Waals surface area contributed by atoms with Crippen LogP contribution in [-0.2, 0) is 9.84 Å². The molecule has 1 atom stereocenters. The molecule has 2 fully saturated rings. The van der Waals surface area contributed by atoms with Crippen LogP contribution >= 0.6 is 15.9 Å². The van der Waals surface area contributed by atoms with Crippen molar-refractivity contribution in [3.05, 3.63) is 88.1 Å². The number of amides is 2. The zero-order chi connectivity index (χ0) is 26.4. The summed E-state index contributed by atoms with van der Waals surface area (Å²) < 4.78 is 39.1. The van der Waals surface area contributed by atoms with Crippen molar-refractivity contribution in [2.45, 2.75) is 30.2 Å². The summed E-state index contributed by atoms with van der Waals surface area (Å²) in [6.07, 6.45) is 3.49. The second kappa shape index (κ2) is 9.68. The van der Waals surface area contributed by atoms with E-state index < -0.39 is 21.6 Å². The van der Waals surface area contributed by atoms with Gasteiger partial charge in [-0.3, -0.25) is 9.59 Å². The van der Waals surface area contributed by atoms with Crippen LogP contribution < -0.4 is 5.32 Å². The minimum atomic E-state index is -3.58. The Labute approximate surface area is 223 Å². The lowest BCUT2D eigenvalue weighted by molar-refractivity contribution is -0.00436. The fraction of sp³-hybridized carbons (Fsp3) is 0.286. The van der Waals surface area contributed by atoms with Gasteiger partial charge in [0.05, 0.1) is 10.5 Å². The van der Waals surface area contributed by atoms with Crippen LogP contribution in [0.3, 0.4) is 0 Å². The van der Waals surface area contributed by atoms with Crippen molar-refractivity contribution in [1.29, 1.82) is 0 Å². The maximum absolute atomic E-state index is 14.4. The maximum Gasteiger partial charge on any atom is 0.254 e. The average Bonchev–Trinajstić information content (AvgIpc) is 3.26. The monoisotopic (exact) mass is 584 g/mol. The minimum Gasteiger partial charge on any atom is -0.349 e. The standard InChI is InChI=1S/C28H26BrFN2O4S/c1-37(35,36)22-11-12-24(30)23(15-22)26(33)31-25-6-3-13-28(25)16-32(17-28)27(34)19-9-7-18(8-10-19)20-4-2-5-21(29)14-20/h2,4-5,7-12,14-15,25H,3,6,13,16-17H2,1H3,(H,31,33). The molecule has 192 valence electrons. The second-order valence-electron chi connectivity index (χ2n) is 9.94. The molecule has 1 aliphatic carbocycles. The second-order valence-corrected chi connectivity index (χ2v) is 12.9. The third-order valence-electron chi connectivity index (χ3n) is 7.41. The number of carbonyl (C=O) groups excluding carboxylic acids is 2. The predicted octanol–water partition coefficient (Wildman–Crippen LogP) is 5.08. The smallest absolute Gasteiger partial charge is 0.254 e. The first-order chi connectivity index (χ1) is 17.6. The molecule has 3 aromatic rings. The van der Waals surface area contributed by atoms with Crippen LogP contribution in [0.15, 0.2) is 76.1 Å². The van der Waals surface area contributed by atoms with E-state index >= 15 is 0 Å². The Morgan fingerprint density at radius 1 is 1.03 bits per heavy atom. The van der Waals surface area contributed by atoms with Crippen molar-refractivity contribution in [3.8, 4) is 11.1 Å². The van der Waals surface area contributed by atoms with Crippen LogP contribution in [0.4, 0.5) is 4.39 Å². The zero-order valence-electron chi connectivity index (χ0n) is 20.2. The summed E-state index contributed by atoms with van der Waals surface area (Å²) >= 11 is 3.48. The molecule has 6 nitrogen and oxygen atoms in total. The Hall–Kier alpha value is -3.04. The molecule has 9 heteroatoms. The van der Waals surface area contributed by atoms with E-state index in [2.05, 4.69) is 21.2 Å². The van der Waals surface area contributed by atoms with Crippen LogP contribution in [0.1, 0.15) is 40.0 Å². The first-order valence-electron chi connectivity index (χ1n) is 12.0. The molecule has 0 radical (unpaired) electrons. The molecule has 5 rings (SSSR count). The Morgan fingerprint density at radius 2 is 1.76 bits per heavy atom. The lowest BCUT2D eigenvalue weighted by atomic mass is 9.74. The molecule has 1 aliphatic heterocycles. The van der Waals surface area contributed by atoms with Gasteiger partial charge in [0.25, 0.3) is 11.8 Å². The predicted molar refractivity (Wildman–Crippen MR) is 143 cm³/mol. The Kier molecular flexibility index (Phi) is 6.70. The number of benzene rings is 3. The average molecular weight is 585 g/mol. The summed E-state index contributed by atoms with van der Waals surface area (Å²) in [6, 6.07) is 18.5. The van der Waals surface area contributed by atoms with Crippen LogP contribution in [0.2, 0.25) is 0 Å². The van der Waals surface area contributed by atoms with Crippen molar-refractivity contribution in [2.75, 3.05) is 19.3 Å². The number of nitrogens with zero attached hydrogens (tertiary/aromatic N) is 1. The lowest BCUT2D eigenvalue weighted by Gasteiger charge is -2.51. The van der Waals surface area contributed by atoms with E-state index in [4.69, 9.17) is 0 Å². The third-order valence-corrected chi connectivity index (χ3v) is 9.01. The van der Waals surface area contributed by atoms with E-state index in [0.29, 0.717) is 18.7 Å². The van der Waals surface area contributed by atoms with Gasteiger partial charge < -0.3 is 10.2 Å². The van der Waals surface area contributed by atoms with Crippen molar-refractivity contribution in [1.82, 2.24) is 10.2 Å². The van der Waals surface area contributed by atoms with Gasteiger partial charge in [0.15, 0.2) is 9.84 Å². The number of carbonyl (C=O) groups is 2. The maximum atomic E-state index is 14.4. The quantitative estimate of drug-likeness (QED) is 0.424. The number of hydrogen-bond donors (Lipinski definition) is 1. The molecule has 1 unspecified atom stereocenters. The largest absolute Gasteiger partial charge is 0.349 e. The highest BCUT2D eigenvalue weighted by atomic mass is 79.9. The number of halogens is 2.